The summed E-state index contributed by atoms with van der Waals surface area (Å²) in [5, 5.41) is 53.8. The Hall–Kier alpha value is -2.83. The molecule has 3 aromatic rings. The standard InChI is InChI=1S/C37H49ClN4O9S2/c1-53(49,50)41-16-18-42(36(48)35(47)34(46)33(45)31(44)23-43)17-4-5-19-52-26-10-11-30(38)24(20-26)21-40-37(13-14-37)29-22-39-15-12-27(29)28-6-2-3-7-32(28)51-25-8-9-25/h2-3,6-7,10-12,15,20,22,25,31,33-35,40-41,43-47H,4-5,8-9,13-14,16-19,21,23H2,1H3/t31-,33+,34-,35-/m0/s1. The summed E-state index contributed by atoms with van der Waals surface area (Å²) >= 11 is 8.29. The molecule has 0 unspecified atom stereocenters. The first-order chi connectivity index (χ1) is 25.3. The molecule has 0 bridgehead atoms. The van der Waals surface area contributed by atoms with Crippen LogP contribution >= 0.6 is 23.4 Å². The van der Waals surface area contributed by atoms with E-state index in [1.807, 2.05) is 42.7 Å². The van der Waals surface area contributed by atoms with E-state index in [0.717, 1.165) is 64.8 Å². The smallest absolute Gasteiger partial charge is 0.254 e. The Kier molecular flexibility index (Phi) is 14.6. The van der Waals surface area contributed by atoms with Crippen molar-refractivity contribution in [3.63, 3.8) is 0 Å². The molecular formula is C37H49ClN4O9S2. The lowest BCUT2D eigenvalue weighted by atomic mass is 9.94. The monoisotopic (exact) mass is 792 g/mol. The quantitative estimate of drug-likeness (QED) is 0.0580. The van der Waals surface area contributed by atoms with Crippen LogP contribution in [0.5, 0.6) is 5.75 Å². The summed E-state index contributed by atoms with van der Waals surface area (Å²) in [5.74, 6) is 0.637. The van der Waals surface area contributed by atoms with Gasteiger partial charge >= 0.3 is 0 Å². The zero-order valence-electron chi connectivity index (χ0n) is 29.6. The first-order valence-corrected chi connectivity index (χ1v) is 21.0. The highest BCUT2D eigenvalue weighted by Crippen LogP contribution is 2.50. The lowest BCUT2D eigenvalue weighted by Gasteiger charge is -2.30. The number of ether oxygens (including phenoxy) is 1. The maximum Gasteiger partial charge on any atom is 0.254 e. The molecule has 2 fully saturated rings. The van der Waals surface area contributed by atoms with Crippen LogP contribution in [-0.2, 0) is 26.9 Å². The number of aliphatic hydroxyl groups excluding tert-OH is 5. The molecule has 2 aliphatic rings. The van der Waals surface area contributed by atoms with Crippen molar-refractivity contribution >= 4 is 39.3 Å². The molecule has 53 heavy (non-hydrogen) atoms. The van der Waals surface area contributed by atoms with Gasteiger partial charge in [-0.3, -0.25) is 9.78 Å². The fourth-order valence-corrected chi connectivity index (χ4v) is 7.64. The highest BCUT2D eigenvalue weighted by Gasteiger charge is 2.46. The Morgan fingerprint density at radius 2 is 1.81 bits per heavy atom. The number of rotatable bonds is 22. The van der Waals surface area contributed by atoms with Crippen molar-refractivity contribution in [3.05, 3.63) is 77.1 Å². The van der Waals surface area contributed by atoms with Crippen LogP contribution in [-0.4, -0.2) is 119 Å². The minimum atomic E-state index is -3.54. The predicted octanol–water partition coefficient (Wildman–Crippen LogP) is 2.41. The average molecular weight is 793 g/mol. The summed E-state index contributed by atoms with van der Waals surface area (Å²) in [7, 11) is -3.54. The van der Waals surface area contributed by atoms with E-state index in [0.29, 0.717) is 30.2 Å². The van der Waals surface area contributed by atoms with Crippen LogP contribution < -0.4 is 14.8 Å². The van der Waals surface area contributed by atoms with E-state index in [1.54, 1.807) is 11.8 Å². The number of halogens is 1. The molecule has 2 saturated carbocycles. The van der Waals surface area contributed by atoms with Crippen molar-refractivity contribution in [3.8, 4) is 16.9 Å². The number of para-hydroxylation sites is 1. The summed E-state index contributed by atoms with van der Waals surface area (Å²) in [6.07, 6.45) is 2.37. The van der Waals surface area contributed by atoms with Crippen LogP contribution in [0, 0.1) is 0 Å². The fraction of sp³-hybridized carbons (Fsp3) is 0.514. The first-order valence-electron chi connectivity index (χ1n) is 17.8. The second-order valence-electron chi connectivity index (χ2n) is 13.6. The maximum absolute atomic E-state index is 13.0. The predicted molar refractivity (Wildman–Crippen MR) is 203 cm³/mol. The number of carbonyl (C=O) groups excluding carboxylic acids is 1. The van der Waals surface area contributed by atoms with E-state index in [4.69, 9.17) is 21.4 Å². The number of amides is 1. The van der Waals surface area contributed by atoms with Gasteiger partial charge in [-0.05, 0) is 91.3 Å². The van der Waals surface area contributed by atoms with Gasteiger partial charge in [-0.1, -0.05) is 29.8 Å². The summed E-state index contributed by atoms with van der Waals surface area (Å²) in [5.41, 5.74) is 4.02. The Labute approximate surface area is 319 Å². The Morgan fingerprint density at radius 3 is 2.51 bits per heavy atom. The van der Waals surface area contributed by atoms with E-state index in [1.165, 1.54) is 4.90 Å². The lowest BCUT2D eigenvalue weighted by Crippen LogP contribution is -2.53. The van der Waals surface area contributed by atoms with Crippen LogP contribution in [0.1, 0.15) is 49.7 Å². The van der Waals surface area contributed by atoms with Gasteiger partial charge in [0.05, 0.1) is 19.0 Å². The van der Waals surface area contributed by atoms with Gasteiger partial charge in [0.2, 0.25) is 10.0 Å². The Bertz CT molecular complexity index is 1800. The molecule has 2 aliphatic carbocycles. The molecule has 1 aromatic heterocycles. The summed E-state index contributed by atoms with van der Waals surface area (Å²) in [6, 6.07) is 16.1. The van der Waals surface area contributed by atoms with Crippen molar-refractivity contribution in [2.24, 2.45) is 0 Å². The minimum Gasteiger partial charge on any atom is -0.490 e. The van der Waals surface area contributed by atoms with Gasteiger partial charge in [0.1, 0.15) is 24.1 Å². The number of benzene rings is 2. The third-order valence-corrected chi connectivity index (χ3v) is 11.6. The van der Waals surface area contributed by atoms with Crippen LogP contribution in [0.2, 0.25) is 5.02 Å². The van der Waals surface area contributed by atoms with Gasteiger partial charge in [-0.2, -0.15) is 0 Å². The van der Waals surface area contributed by atoms with E-state index >= 15 is 0 Å². The van der Waals surface area contributed by atoms with Crippen LogP contribution in [0.25, 0.3) is 11.1 Å². The molecule has 0 spiro atoms. The Morgan fingerprint density at radius 1 is 1.06 bits per heavy atom. The highest BCUT2D eigenvalue weighted by atomic mass is 35.5. The van der Waals surface area contributed by atoms with Crippen molar-refractivity contribution in [2.75, 3.05) is 38.2 Å². The second-order valence-corrected chi connectivity index (χ2v) is 17.1. The number of pyridine rings is 1. The number of hydrogen-bond donors (Lipinski definition) is 7. The van der Waals surface area contributed by atoms with Crippen molar-refractivity contribution in [1.29, 1.82) is 0 Å². The SMILES string of the molecule is CS(=O)(=O)NCCN(CCCCSc1ccc(Cl)c(CNC2(c3cnccc3-c3ccccc3OC3CC3)CC2)c1)C(=O)[C@@H](O)[C@@H](O)[C@H](O)[C@@H](O)CO. The Balaban J connectivity index is 1.16. The molecule has 2 aromatic carbocycles. The second kappa shape index (κ2) is 18.7. The zero-order chi connectivity index (χ0) is 38.2. The van der Waals surface area contributed by atoms with Gasteiger partial charge in [0, 0.05) is 59.6 Å². The molecule has 1 heterocycles. The molecule has 7 N–H and O–H groups in total. The highest BCUT2D eigenvalue weighted by molar-refractivity contribution is 7.99. The lowest BCUT2D eigenvalue weighted by molar-refractivity contribution is -0.158. The minimum absolute atomic E-state index is 0.0994. The van der Waals surface area contributed by atoms with Gasteiger partial charge < -0.3 is 40.5 Å². The number of aliphatic hydroxyl groups is 5. The van der Waals surface area contributed by atoms with E-state index in [2.05, 4.69) is 33.2 Å². The average Bonchev–Trinajstić information content (AvgIpc) is 4.10. The maximum atomic E-state index is 13.0. The molecule has 1 amide bonds. The number of thioether (sulfide) groups is 1. The van der Waals surface area contributed by atoms with Crippen molar-refractivity contribution in [1.82, 2.24) is 19.9 Å². The fourth-order valence-electron chi connectivity index (χ4n) is 6.02. The number of sulfonamides is 1. The number of carbonyl (C=O) groups is 1. The molecule has 0 radical (unpaired) electrons. The van der Waals surface area contributed by atoms with Crippen LogP contribution in [0.4, 0.5) is 0 Å². The molecule has 0 saturated heterocycles. The van der Waals surface area contributed by atoms with Gasteiger partial charge in [0.25, 0.3) is 5.91 Å². The van der Waals surface area contributed by atoms with E-state index < -0.39 is 47.0 Å². The van der Waals surface area contributed by atoms with E-state index in [-0.39, 0.29) is 31.3 Å². The molecule has 290 valence electrons. The summed E-state index contributed by atoms with van der Waals surface area (Å²) in [4.78, 5) is 19.7. The largest absolute Gasteiger partial charge is 0.490 e. The van der Waals surface area contributed by atoms with Gasteiger partial charge in [-0.15, -0.1) is 11.8 Å². The van der Waals surface area contributed by atoms with Crippen LogP contribution in [0.15, 0.2) is 65.8 Å². The zero-order valence-corrected chi connectivity index (χ0v) is 32.0. The molecular weight excluding hydrogens is 744 g/mol. The number of nitrogens with one attached hydrogen (secondary N) is 2. The van der Waals surface area contributed by atoms with Gasteiger partial charge in [-0.25, -0.2) is 13.1 Å². The first kappa shape index (κ1) is 41.3. The number of unbranched alkanes of at least 4 members (excludes halogenated alkanes) is 1. The number of hydrogen-bond acceptors (Lipinski definition) is 12. The summed E-state index contributed by atoms with van der Waals surface area (Å²) < 4.78 is 31.7. The van der Waals surface area contributed by atoms with Crippen LogP contribution in [0.3, 0.4) is 0 Å². The van der Waals surface area contributed by atoms with Crippen molar-refractivity contribution < 1.29 is 43.5 Å². The molecule has 16 heteroatoms. The third kappa shape index (κ3) is 11.6. The van der Waals surface area contributed by atoms with E-state index in [9.17, 15) is 33.6 Å². The molecule has 4 atom stereocenters. The van der Waals surface area contributed by atoms with Gasteiger partial charge in [0.15, 0.2) is 6.10 Å². The molecule has 5 rings (SSSR count). The third-order valence-electron chi connectivity index (χ3n) is 9.37. The topological polar surface area (TPSA) is 202 Å². The number of nitrogens with zero attached hydrogens (tertiary/aromatic N) is 2. The molecule has 13 nitrogen and oxygen atoms in total. The number of aromatic nitrogens is 1. The summed E-state index contributed by atoms with van der Waals surface area (Å²) in [6.45, 7) is -0.421. The molecule has 0 aliphatic heterocycles. The normalized spacial score (nSPS) is 17.5. The van der Waals surface area contributed by atoms with Crippen molar-refractivity contribution in [2.45, 2.75) is 86.0 Å².